The van der Waals surface area contributed by atoms with Crippen molar-refractivity contribution in [2.24, 2.45) is 0 Å². The highest BCUT2D eigenvalue weighted by Gasteiger charge is 2.39. The van der Waals surface area contributed by atoms with Gasteiger partial charge in [0.15, 0.2) is 0 Å². The van der Waals surface area contributed by atoms with Gasteiger partial charge in [0.05, 0.1) is 11.8 Å². The Hall–Kier alpha value is -1.33. The number of nitrogens with two attached hydrogens (primary N) is 1. The number of pyridine rings is 1. The molecule has 2 unspecified atom stereocenters. The minimum atomic E-state index is -0.817. The number of nitrogens with one attached hydrogen (secondary N) is 1. The van der Waals surface area contributed by atoms with Crippen LogP contribution in [0.5, 0.6) is 0 Å². The third-order valence-corrected chi connectivity index (χ3v) is 3.08. The Bertz CT molecular complexity index is 372. The van der Waals surface area contributed by atoms with Crippen molar-refractivity contribution in [1.29, 1.82) is 0 Å². The summed E-state index contributed by atoms with van der Waals surface area (Å²) in [5.41, 5.74) is 5.62. The molecular weight excluding hydrogens is 206 g/mol. The van der Waals surface area contributed by atoms with Gasteiger partial charge in [-0.15, -0.1) is 0 Å². The van der Waals surface area contributed by atoms with E-state index in [1.54, 1.807) is 12.3 Å². The van der Waals surface area contributed by atoms with Crippen LogP contribution in [-0.4, -0.2) is 34.9 Å². The predicted molar refractivity (Wildman–Crippen MR) is 62.1 cm³/mol. The van der Waals surface area contributed by atoms with Crippen molar-refractivity contribution < 1.29 is 9.84 Å². The second kappa shape index (κ2) is 4.27. The average molecular weight is 223 g/mol. The van der Waals surface area contributed by atoms with Crippen LogP contribution in [0.3, 0.4) is 0 Å². The molecule has 0 amide bonds. The molecule has 0 radical (unpaired) electrons. The molecule has 2 atom stereocenters. The van der Waals surface area contributed by atoms with E-state index in [1.165, 1.54) is 0 Å². The summed E-state index contributed by atoms with van der Waals surface area (Å²) < 4.78 is 5.35. The fourth-order valence-corrected chi connectivity index (χ4v) is 1.82. The summed E-state index contributed by atoms with van der Waals surface area (Å²) >= 11 is 0. The molecule has 2 rings (SSSR count). The zero-order chi connectivity index (χ0) is 11.6. The van der Waals surface area contributed by atoms with Crippen LogP contribution in [0.15, 0.2) is 18.3 Å². The fourth-order valence-electron chi connectivity index (χ4n) is 1.82. The van der Waals surface area contributed by atoms with E-state index in [1.807, 2.05) is 13.0 Å². The normalized spacial score (nSPS) is 29.2. The molecule has 1 fully saturated rings. The number of anilines is 2. The molecular formula is C11H17N3O2. The van der Waals surface area contributed by atoms with Crippen molar-refractivity contribution in [2.75, 3.05) is 24.2 Å². The SMILES string of the molecule is CC1OCCC1(O)CNc1cccnc1N. The molecule has 1 aromatic rings. The zero-order valence-corrected chi connectivity index (χ0v) is 9.31. The van der Waals surface area contributed by atoms with Crippen LogP contribution >= 0.6 is 0 Å². The molecule has 1 aromatic heterocycles. The van der Waals surface area contributed by atoms with Gasteiger partial charge in [-0.25, -0.2) is 4.98 Å². The van der Waals surface area contributed by atoms with Crippen molar-refractivity contribution >= 4 is 11.5 Å². The van der Waals surface area contributed by atoms with Gasteiger partial charge in [-0.05, 0) is 19.1 Å². The van der Waals surface area contributed by atoms with Gasteiger partial charge in [-0.3, -0.25) is 0 Å². The minimum absolute atomic E-state index is 0.155. The lowest BCUT2D eigenvalue weighted by atomic mass is 9.96. The molecule has 0 bridgehead atoms. The first-order chi connectivity index (χ1) is 7.62. The predicted octanol–water partition coefficient (Wildman–Crippen LogP) is 0.616. The first kappa shape index (κ1) is 11.2. The van der Waals surface area contributed by atoms with E-state index in [0.29, 0.717) is 25.4 Å². The monoisotopic (exact) mass is 223 g/mol. The highest BCUT2D eigenvalue weighted by molar-refractivity contribution is 5.61. The Balaban J connectivity index is 2.00. The smallest absolute Gasteiger partial charge is 0.146 e. The van der Waals surface area contributed by atoms with Crippen LogP contribution in [0, 0.1) is 0 Å². The highest BCUT2D eigenvalue weighted by Crippen LogP contribution is 2.26. The third-order valence-electron chi connectivity index (χ3n) is 3.08. The van der Waals surface area contributed by atoms with Crippen molar-refractivity contribution in [3.63, 3.8) is 0 Å². The van der Waals surface area contributed by atoms with Crippen LogP contribution < -0.4 is 11.1 Å². The number of nitrogens with zero attached hydrogens (tertiary/aromatic N) is 1. The molecule has 1 aliphatic heterocycles. The lowest BCUT2D eigenvalue weighted by molar-refractivity contribution is -0.0175. The zero-order valence-electron chi connectivity index (χ0n) is 9.31. The Morgan fingerprint density at radius 3 is 3.19 bits per heavy atom. The van der Waals surface area contributed by atoms with Crippen LogP contribution in [0.4, 0.5) is 11.5 Å². The molecule has 16 heavy (non-hydrogen) atoms. The number of nitrogen functional groups attached to an aromatic ring is 1. The van der Waals surface area contributed by atoms with Crippen molar-refractivity contribution in [3.05, 3.63) is 18.3 Å². The maximum Gasteiger partial charge on any atom is 0.146 e. The number of hydrogen-bond acceptors (Lipinski definition) is 5. The Morgan fingerprint density at radius 2 is 2.56 bits per heavy atom. The average Bonchev–Trinajstić information content (AvgIpc) is 2.59. The molecule has 5 nitrogen and oxygen atoms in total. The summed E-state index contributed by atoms with van der Waals surface area (Å²) in [6, 6.07) is 3.64. The lowest BCUT2D eigenvalue weighted by Gasteiger charge is -2.26. The summed E-state index contributed by atoms with van der Waals surface area (Å²) in [7, 11) is 0. The van der Waals surface area contributed by atoms with E-state index >= 15 is 0 Å². The topological polar surface area (TPSA) is 80.4 Å². The highest BCUT2D eigenvalue weighted by atomic mass is 16.5. The summed E-state index contributed by atoms with van der Waals surface area (Å²) in [6.07, 6.45) is 2.12. The van der Waals surface area contributed by atoms with Crippen molar-refractivity contribution in [3.8, 4) is 0 Å². The molecule has 0 aliphatic carbocycles. The lowest BCUT2D eigenvalue weighted by Crippen LogP contribution is -2.43. The van der Waals surface area contributed by atoms with E-state index in [9.17, 15) is 5.11 Å². The van der Waals surface area contributed by atoms with Crippen molar-refractivity contribution in [1.82, 2.24) is 4.98 Å². The summed E-state index contributed by atoms with van der Waals surface area (Å²) in [5, 5.41) is 13.4. The van der Waals surface area contributed by atoms with E-state index in [-0.39, 0.29) is 6.10 Å². The van der Waals surface area contributed by atoms with E-state index in [0.717, 1.165) is 5.69 Å². The number of aliphatic hydroxyl groups is 1. The van der Waals surface area contributed by atoms with Gasteiger partial charge < -0.3 is 20.9 Å². The van der Waals surface area contributed by atoms with E-state index < -0.39 is 5.60 Å². The van der Waals surface area contributed by atoms with Gasteiger partial charge in [0, 0.05) is 25.8 Å². The minimum Gasteiger partial charge on any atom is -0.385 e. The summed E-state index contributed by atoms with van der Waals surface area (Å²) in [5.74, 6) is 0.442. The Labute approximate surface area is 94.6 Å². The maximum absolute atomic E-state index is 10.3. The molecule has 5 heteroatoms. The largest absolute Gasteiger partial charge is 0.385 e. The standard InChI is InChI=1S/C11H17N3O2/c1-8-11(15,4-6-16-8)7-14-9-3-2-5-13-10(9)12/h2-3,5,8,14-15H,4,6-7H2,1H3,(H2,12,13). The van der Waals surface area contributed by atoms with Gasteiger partial charge in [-0.2, -0.15) is 0 Å². The van der Waals surface area contributed by atoms with Gasteiger partial charge in [0.25, 0.3) is 0 Å². The molecule has 88 valence electrons. The van der Waals surface area contributed by atoms with Crippen LogP contribution in [0.1, 0.15) is 13.3 Å². The van der Waals surface area contributed by atoms with E-state index in [4.69, 9.17) is 10.5 Å². The summed E-state index contributed by atoms with van der Waals surface area (Å²) in [6.45, 7) is 2.90. The number of ether oxygens (including phenoxy) is 1. The quantitative estimate of drug-likeness (QED) is 0.699. The molecule has 0 saturated carbocycles. The van der Waals surface area contributed by atoms with Gasteiger partial charge in [0.2, 0.25) is 0 Å². The molecule has 2 heterocycles. The van der Waals surface area contributed by atoms with Gasteiger partial charge >= 0.3 is 0 Å². The second-order valence-electron chi connectivity index (χ2n) is 4.16. The number of aromatic nitrogens is 1. The van der Waals surface area contributed by atoms with Crippen LogP contribution in [-0.2, 0) is 4.74 Å². The summed E-state index contributed by atoms with van der Waals surface area (Å²) in [4.78, 5) is 3.97. The van der Waals surface area contributed by atoms with Crippen molar-refractivity contribution in [2.45, 2.75) is 25.0 Å². The van der Waals surface area contributed by atoms with Crippen LogP contribution in [0.2, 0.25) is 0 Å². The molecule has 0 spiro atoms. The second-order valence-corrected chi connectivity index (χ2v) is 4.16. The van der Waals surface area contributed by atoms with Gasteiger partial charge in [0.1, 0.15) is 11.4 Å². The number of rotatable bonds is 3. The molecule has 1 saturated heterocycles. The fraction of sp³-hybridized carbons (Fsp3) is 0.545. The Morgan fingerprint density at radius 1 is 1.75 bits per heavy atom. The first-order valence-electron chi connectivity index (χ1n) is 5.40. The third kappa shape index (κ3) is 2.10. The molecule has 4 N–H and O–H groups in total. The molecule has 1 aliphatic rings. The number of hydrogen-bond donors (Lipinski definition) is 3. The maximum atomic E-state index is 10.3. The van der Waals surface area contributed by atoms with E-state index in [2.05, 4.69) is 10.3 Å². The van der Waals surface area contributed by atoms with Crippen LogP contribution in [0.25, 0.3) is 0 Å². The van der Waals surface area contributed by atoms with Gasteiger partial charge in [-0.1, -0.05) is 0 Å². The molecule has 0 aromatic carbocycles. The Kier molecular flexibility index (Phi) is 2.98. The first-order valence-corrected chi connectivity index (χ1v) is 5.40.